The van der Waals surface area contributed by atoms with E-state index in [1.165, 1.54) is 12.1 Å². The number of sulfone groups is 1. The van der Waals surface area contributed by atoms with E-state index in [0.29, 0.717) is 5.69 Å². The molecule has 0 radical (unpaired) electrons. The van der Waals surface area contributed by atoms with E-state index in [4.69, 9.17) is 0 Å². The average molecular weight is 471 g/mol. The number of aromatic nitrogens is 2. The molecule has 1 aliphatic rings. The van der Waals surface area contributed by atoms with Gasteiger partial charge in [0, 0.05) is 24.5 Å². The van der Waals surface area contributed by atoms with Crippen molar-refractivity contribution >= 4 is 38.9 Å². The lowest BCUT2D eigenvalue weighted by Crippen LogP contribution is -2.20. The highest BCUT2D eigenvalue weighted by molar-refractivity contribution is 7.99. The Hall–Kier alpha value is -3.11. The summed E-state index contributed by atoms with van der Waals surface area (Å²) in [6.07, 6.45) is 3.29. The number of carbonyl (C=O) groups excluding carboxylic acids is 1. The first-order valence-electron chi connectivity index (χ1n) is 10.1. The first-order chi connectivity index (χ1) is 15.4. The van der Waals surface area contributed by atoms with E-state index < -0.39 is 20.3 Å². The van der Waals surface area contributed by atoms with Gasteiger partial charge in [0.05, 0.1) is 16.8 Å². The van der Waals surface area contributed by atoms with Crippen LogP contribution >= 0.6 is 11.8 Å². The first-order valence-corrected chi connectivity index (χ1v) is 12.6. The predicted molar refractivity (Wildman–Crippen MR) is 124 cm³/mol. The minimum absolute atomic E-state index is 0.0158. The van der Waals surface area contributed by atoms with Crippen LogP contribution in [0.1, 0.15) is 12.8 Å². The van der Waals surface area contributed by atoms with E-state index in [2.05, 4.69) is 20.2 Å². The van der Waals surface area contributed by atoms with Gasteiger partial charge in [0.15, 0.2) is 10.1 Å². The number of carbonyl (C=O) groups is 1. The summed E-state index contributed by atoms with van der Waals surface area (Å²) >= 11 is 1.01. The molecule has 3 aromatic rings. The molecule has 166 valence electrons. The number of hydrogen-bond acceptors (Lipinski definition) is 7. The Bertz CT molecular complexity index is 1250. The van der Waals surface area contributed by atoms with E-state index in [0.717, 1.165) is 49.6 Å². The Morgan fingerprint density at radius 1 is 1.06 bits per heavy atom. The molecule has 10 heteroatoms. The third-order valence-electron chi connectivity index (χ3n) is 5.05. The summed E-state index contributed by atoms with van der Waals surface area (Å²) < 4.78 is 25.8. The van der Waals surface area contributed by atoms with Gasteiger partial charge in [-0.25, -0.2) is 13.4 Å². The van der Waals surface area contributed by atoms with Crippen LogP contribution in [0.4, 0.5) is 11.4 Å². The van der Waals surface area contributed by atoms with Crippen molar-refractivity contribution in [1.82, 2.24) is 9.97 Å². The molecule has 2 aromatic carbocycles. The third kappa shape index (κ3) is 5.03. The number of thioether (sulfide) groups is 1. The molecule has 1 aliphatic heterocycles. The maximum atomic E-state index is 12.9. The van der Waals surface area contributed by atoms with Crippen LogP contribution in [0.15, 0.2) is 80.5 Å². The molecule has 0 saturated carbocycles. The van der Waals surface area contributed by atoms with Crippen LogP contribution in [-0.4, -0.2) is 43.1 Å². The van der Waals surface area contributed by atoms with Crippen molar-refractivity contribution in [2.24, 2.45) is 0 Å². The van der Waals surface area contributed by atoms with Crippen LogP contribution < -0.4 is 15.8 Å². The molecule has 2 N–H and O–H groups in total. The van der Waals surface area contributed by atoms with Crippen LogP contribution in [0.25, 0.3) is 0 Å². The lowest BCUT2D eigenvalue weighted by Gasteiger charge is -2.17. The topological polar surface area (TPSA) is 112 Å². The molecule has 1 amide bonds. The number of benzene rings is 2. The molecule has 0 aliphatic carbocycles. The summed E-state index contributed by atoms with van der Waals surface area (Å²) in [7, 11) is -4.01. The van der Waals surface area contributed by atoms with Gasteiger partial charge in [-0.3, -0.25) is 9.59 Å². The summed E-state index contributed by atoms with van der Waals surface area (Å²) in [5.41, 5.74) is 0.861. The quantitative estimate of drug-likeness (QED) is 0.403. The lowest BCUT2D eigenvalue weighted by molar-refractivity contribution is -0.113. The Morgan fingerprint density at radius 3 is 2.41 bits per heavy atom. The number of nitrogens with zero attached hydrogens (tertiary/aromatic N) is 2. The van der Waals surface area contributed by atoms with Gasteiger partial charge in [0.25, 0.3) is 5.56 Å². The fourth-order valence-corrected chi connectivity index (χ4v) is 5.29. The molecular formula is C22H22N4O4S2. The second-order valence-corrected chi connectivity index (χ2v) is 10.2. The van der Waals surface area contributed by atoms with Crippen molar-refractivity contribution in [1.29, 1.82) is 0 Å². The van der Waals surface area contributed by atoms with Gasteiger partial charge in [-0.15, -0.1) is 0 Å². The third-order valence-corrected chi connectivity index (χ3v) is 7.70. The summed E-state index contributed by atoms with van der Waals surface area (Å²) in [6.45, 7) is 1.91. The number of para-hydroxylation sites is 1. The summed E-state index contributed by atoms with van der Waals surface area (Å²) in [6, 6.07) is 15.5. The molecule has 1 aromatic heterocycles. The van der Waals surface area contributed by atoms with Crippen LogP contribution in [-0.2, 0) is 14.6 Å². The number of amides is 1. The van der Waals surface area contributed by atoms with Crippen LogP contribution in [0.2, 0.25) is 0 Å². The van der Waals surface area contributed by atoms with Gasteiger partial charge in [0.1, 0.15) is 0 Å². The highest BCUT2D eigenvalue weighted by Crippen LogP contribution is 2.24. The molecule has 0 spiro atoms. The molecule has 32 heavy (non-hydrogen) atoms. The first kappa shape index (κ1) is 22.1. The standard InChI is InChI=1S/C22H22N4O4S2/c27-20(24-16-6-2-1-3-7-16)15-31-22-23-14-19(21(28)25-22)32(29,30)18-10-8-17(9-11-18)26-12-4-5-13-26/h1-3,6-11,14H,4-5,12-13,15H2,(H,24,27)(H,23,25,28). The highest BCUT2D eigenvalue weighted by Gasteiger charge is 2.23. The van der Waals surface area contributed by atoms with E-state index in [1.807, 2.05) is 6.07 Å². The van der Waals surface area contributed by atoms with Crippen molar-refractivity contribution < 1.29 is 13.2 Å². The van der Waals surface area contributed by atoms with E-state index in [1.54, 1.807) is 36.4 Å². The SMILES string of the molecule is O=C(CSc1ncc(S(=O)(=O)c2ccc(N3CCCC3)cc2)c(=O)[nH]1)Nc1ccccc1. The number of nitrogens with one attached hydrogen (secondary N) is 2. The van der Waals surface area contributed by atoms with Crippen molar-refractivity contribution in [2.45, 2.75) is 27.8 Å². The van der Waals surface area contributed by atoms with Gasteiger partial charge in [-0.2, -0.15) is 0 Å². The van der Waals surface area contributed by atoms with Crippen molar-refractivity contribution in [3.8, 4) is 0 Å². The summed E-state index contributed by atoms with van der Waals surface area (Å²) in [4.78, 5) is 32.8. The van der Waals surface area contributed by atoms with Crippen LogP contribution in [0.3, 0.4) is 0 Å². The predicted octanol–water partition coefficient (Wildman–Crippen LogP) is 2.93. The molecule has 2 heterocycles. The number of hydrogen-bond donors (Lipinski definition) is 2. The molecule has 0 bridgehead atoms. The van der Waals surface area contributed by atoms with E-state index in [-0.39, 0.29) is 21.7 Å². The number of aromatic amines is 1. The Labute approximate surface area is 190 Å². The van der Waals surface area contributed by atoms with Gasteiger partial charge in [-0.1, -0.05) is 30.0 Å². The second kappa shape index (κ2) is 9.58. The van der Waals surface area contributed by atoms with Gasteiger partial charge in [0.2, 0.25) is 15.7 Å². The van der Waals surface area contributed by atoms with Crippen molar-refractivity contribution in [3.63, 3.8) is 0 Å². The minimum Gasteiger partial charge on any atom is -0.372 e. The molecule has 1 fully saturated rings. The smallest absolute Gasteiger partial charge is 0.270 e. The van der Waals surface area contributed by atoms with Crippen LogP contribution in [0.5, 0.6) is 0 Å². The normalized spacial score (nSPS) is 13.8. The fourth-order valence-electron chi connectivity index (χ4n) is 3.42. The number of anilines is 2. The average Bonchev–Trinajstić information content (AvgIpc) is 3.33. The van der Waals surface area contributed by atoms with Gasteiger partial charge >= 0.3 is 0 Å². The zero-order valence-electron chi connectivity index (χ0n) is 17.2. The van der Waals surface area contributed by atoms with Gasteiger partial charge < -0.3 is 15.2 Å². The minimum atomic E-state index is -4.01. The van der Waals surface area contributed by atoms with Crippen molar-refractivity contribution in [3.05, 3.63) is 71.1 Å². The highest BCUT2D eigenvalue weighted by atomic mass is 32.2. The van der Waals surface area contributed by atoms with E-state index in [9.17, 15) is 18.0 Å². The van der Waals surface area contributed by atoms with E-state index >= 15 is 0 Å². The molecule has 0 unspecified atom stereocenters. The maximum Gasteiger partial charge on any atom is 0.270 e. The van der Waals surface area contributed by atoms with Crippen molar-refractivity contribution in [2.75, 3.05) is 29.1 Å². The molecule has 0 atom stereocenters. The molecular weight excluding hydrogens is 448 g/mol. The Balaban J connectivity index is 1.44. The summed E-state index contributed by atoms with van der Waals surface area (Å²) in [5.74, 6) is -0.249. The Morgan fingerprint density at radius 2 is 1.75 bits per heavy atom. The summed E-state index contributed by atoms with van der Waals surface area (Å²) in [5, 5.41) is 2.90. The Kier molecular flexibility index (Phi) is 6.61. The van der Waals surface area contributed by atoms with Crippen LogP contribution in [0, 0.1) is 0 Å². The number of rotatable bonds is 7. The fraction of sp³-hybridized carbons (Fsp3) is 0.227. The van der Waals surface area contributed by atoms with Gasteiger partial charge in [-0.05, 0) is 49.2 Å². The number of H-pyrrole nitrogens is 1. The zero-order valence-corrected chi connectivity index (χ0v) is 18.8. The second-order valence-electron chi connectivity index (χ2n) is 7.28. The zero-order chi connectivity index (χ0) is 22.6. The monoisotopic (exact) mass is 470 g/mol. The molecule has 1 saturated heterocycles. The molecule has 4 rings (SSSR count). The lowest BCUT2D eigenvalue weighted by atomic mass is 10.3. The maximum absolute atomic E-state index is 12.9. The largest absolute Gasteiger partial charge is 0.372 e. The molecule has 8 nitrogen and oxygen atoms in total.